The van der Waals surface area contributed by atoms with Gasteiger partial charge in [0.1, 0.15) is 23.5 Å². The SMILES string of the molecule is Cn1ncc(-c2cc(C(=O)NCCOCC(F)F)nc3c(C#N)cccc23)c1Cl. The second-order valence-corrected chi connectivity index (χ2v) is 6.42. The Labute approximate surface area is 169 Å². The Kier molecular flexibility index (Phi) is 6.36. The maximum atomic E-state index is 12.5. The van der Waals surface area contributed by atoms with Crippen molar-refractivity contribution in [2.24, 2.45) is 7.05 Å². The van der Waals surface area contributed by atoms with Gasteiger partial charge in [0.15, 0.2) is 0 Å². The number of nitrogens with one attached hydrogen (secondary N) is 1. The van der Waals surface area contributed by atoms with E-state index in [2.05, 4.69) is 21.5 Å². The summed E-state index contributed by atoms with van der Waals surface area (Å²) in [5.74, 6) is -0.526. The third kappa shape index (κ3) is 4.50. The number of ether oxygens (including phenoxy) is 1. The van der Waals surface area contributed by atoms with E-state index in [0.717, 1.165) is 0 Å². The van der Waals surface area contributed by atoms with Gasteiger partial charge in [-0.05, 0) is 17.7 Å². The summed E-state index contributed by atoms with van der Waals surface area (Å²) in [5, 5.41) is 17.1. The smallest absolute Gasteiger partial charge is 0.270 e. The van der Waals surface area contributed by atoms with Gasteiger partial charge in [-0.3, -0.25) is 9.48 Å². The lowest BCUT2D eigenvalue weighted by molar-refractivity contribution is 0.0188. The van der Waals surface area contributed by atoms with Crippen molar-refractivity contribution >= 4 is 28.4 Å². The van der Waals surface area contributed by atoms with Gasteiger partial charge in [0.25, 0.3) is 12.3 Å². The number of rotatable bonds is 7. The van der Waals surface area contributed by atoms with Crippen molar-refractivity contribution in [3.8, 4) is 17.2 Å². The third-order valence-electron chi connectivity index (χ3n) is 4.12. The number of alkyl halides is 2. The molecular weight excluding hydrogens is 404 g/mol. The molecule has 0 spiro atoms. The van der Waals surface area contributed by atoms with Crippen molar-refractivity contribution in [1.29, 1.82) is 5.26 Å². The molecule has 0 saturated heterocycles. The van der Waals surface area contributed by atoms with Gasteiger partial charge < -0.3 is 10.1 Å². The zero-order valence-corrected chi connectivity index (χ0v) is 16.1. The number of aromatic nitrogens is 3. The average Bonchev–Trinajstić information content (AvgIpc) is 3.04. The monoisotopic (exact) mass is 419 g/mol. The topological polar surface area (TPSA) is 92.8 Å². The lowest BCUT2D eigenvalue weighted by atomic mass is 10.0. The van der Waals surface area contributed by atoms with Gasteiger partial charge in [0.2, 0.25) is 0 Å². The van der Waals surface area contributed by atoms with Gasteiger partial charge in [-0.1, -0.05) is 23.7 Å². The van der Waals surface area contributed by atoms with E-state index in [9.17, 15) is 18.8 Å². The van der Waals surface area contributed by atoms with Gasteiger partial charge in [-0.25, -0.2) is 13.8 Å². The van der Waals surface area contributed by atoms with E-state index < -0.39 is 18.9 Å². The summed E-state index contributed by atoms with van der Waals surface area (Å²) in [6.45, 7) is -0.720. The first-order valence-corrected chi connectivity index (χ1v) is 8.96. The van der Waals surface area contributed by atoms with Gasteiger partial charge in [0.05, 0.1) is 23.9 Å². The van der Waals surface area contributed by atoms with Crippen molar-refractivity contribution in [3.05, 3.63) is 46.9 Å². The number of amides is 1. The van der Waals surface area contributed by atoms with Crippen LogP contribution in [0.5, 0.6) is 0 Å². The molecule has 0 unspecified atom stereocenters. The highest BCUT2D eigenvalue weighted by Crippen LogP contribution is 2.34. The molecule has 0 bridgehead atoms. The molecule has 29 heavy (non-hydrogen) atoms. The molecule has 0 atom stereocenters. The number of benzene rings is 1. The van der Waals surface area contributed by atoms with Crippen LogP contribution in [0.25, 0.3) is 22.0 Å². The Morgan fingerprint density at radius 3 is 2.86 bits per heavy atom. The number of hydrogen-bond donors (Lipinski definition) is 1. The maximum Gasteiger partial charge on any atom is 0.270 e. The number of para-hydroxylation sites is 1. The van der Waals surface area contributed by atoms with Crippen LogP contribution in [0.3, 0.4) is 0 Å². The van der Waals surface area contributed by atoms with Crippen LogP contribution in [0, 0.1) is 11.3 Å². The molecule has 1 amide bonds. The predicted octanol–water partition coefficient (Wildman–Crippen LogP) is 3.17. The summed E-state index contributed by atoms with van der Waals surface area (Å²) in [4.78, 5) is 16.9. The third-order valence-corrected chi connectivity index (χ3v) is 4.57. The maximum absolute atomic E-state index is 12.5. The highest BCUT2D eigenvalue weighted by Gasteiger charge is 2.18. The van der Waals surface area contributed by atoms with Crippen LogP contribution in [-0.4, -0.2) is 46.9 Å². The van der Waals surface area contributed by atoms with E-state index in [1.165, 1.54) is 4.68 Å². The van der Waals surface area contributed by atoms with E-state index in [4.69, 9.17) is 16.3 Å². The molecule has 3 aromatic rings. The second-order valence-electron chi connectivity index (χ2n) is 6.06. The summed E-state index contributed by atoms with van der Waals surface area (Å²) in [6.07, 6.45) is -1.00. The van der Waals surface area contributed by atoms with Crippen molar-refractivity contribution in [2.45, 2.75) is 6.43 Å². The van der Waals surface area contributed by atoms with Crippen LogP contribution in [0.1, 0.15) is 16.1 Å². The molecule has 1 aromatic carbocycles. The normalized spacial score (nSPS) is 11.0. The molecule has 1 N–H and O–H groups in total. The number of halogens is 3. The molecule has 7 nitrogen and oxygen atoms in total. The Morgan fingerprint density at radius 1 is 1.41 bits per heavy atom. The zero-order valence-electron chi connectivity index (χ0n) is 15.3. The van der Waals surface area contributed by atoms with Crippen molar-refractivity contribution in [1.82, 2.24) is 20.1 Å². The van der Waals surface area contributed by atoms with E-state index in [1.54, 1.807) is 37.5 Å². The Morgan fingerprint density at radius 2 is 2.21 bits per heavy atom. The molecule has 0 fully saturated rings. The summed E-state index contributed by atoms with van der Waals surface area (Å²) >= 11 is 6.33. The highest BCUT2D eigenvalue weighted by molar-refractivity contribution is 6.32. The largest absolute Gasteiger partial charge is 0.374 e. The van der Waals surface area contributed by atoms with E-state index in [1.807, 2.05) is 0 Å². The van der Waals surface area contributed by atoms with Gasteiger partial charge in [-0.2, -0.15) is 10.4 Å². The Bertz CT molecular complexity index is 1090. The van der Waals surface area contributed by atoms with Gasteiger partial charge in [-0.15, -0.1) is 0 Å². The minimum absolute atomic E-state index is 0.0359. The Hall–Kier alpha value is -3.09. The number of pyridine rings is 1. The fourth-order valence-corrected chi connectivity index (χ4v) is 2.98. The van der Waals surface area contributed by atoms with E-state index in [0.29, 0.717) is 32.7 Å². The first kappa shape index (κ1) is 20.6. The zero-order chi connectivity index (χ0) is 21.0. The summed E-state index contributed by atoms with van der Waals surface area (Å²) < 4.78 is 30.4. The lowest BCUT2D eigenvalue weighted by Gasteiger charge is -2.11. The minimum Gasteiger partial charge on any atom is -0.374 e. The number of aryl methyl sites for hydroxylation is 1. The fourth-order valence-electron chi connectivity index (χ4n) is 2.78. The number of carbonyl (C=O) groups excluding carboxylic acids is 1. The molecule has 0 radical (unpaired) electrons. The first-order chi connectivity index (χ1) is 13.9. The number of nitriles is 1. The number of fused-ring (bicyclic) bond motifs is 1. The molecule has 2 aromatic heterocycles. The van der Waals surface area contributed by atoms with Gasteiger partial charge >= 0.3 is 0 Å². The van der Waals surface area contributed by atoms with Gasteiger partial charge in [0, 0.05) is 24.5 Å². The van der Waals surface area contributed by atoms with Crippen molar-refractivity contribution in [2.75, 3.05) is 19.8 Å². The number of nitrogens with zero attached hydrogens (tertiary/aromatic N) is 4. The quantitative estimate of drug-likeness (QED) is 0.594. The van der Waals surface area contributed by atoms with Crippen LogP contribution in [0.4, 0.5) is 8.78 Å². The second kappa shape index (κ2) is 8.94. The summed E-state index contributed by atoms with van der Waals surface area (Å²) in [5.41, 5.74) is 1.91. The van der Waals surface area contributed by atoms with Crippen LogP contribution in [-0.2, 0) is 11.8 Å². The predicted molar refractivity (Wildman–Crippen MR) is 103 cm³/mol. The molecule has 2 heterocycles. The molecular formula is C19H16ClF2N5O2. The average molecular weight is 420 g/mol. The number of carbonyl (C=O) groups is 1. The standard InChI is InChI=1S/C19H16ClF2N5O2/c1-27-18(20)14(9-25-27)13-7-15(19(28)24-5-6-29-10-16(21)22)26-17-11(8-23)3-2-4-12(13)17/h2-4,7,9,16H,5-6,10H2,1H3,(H,24,28). The first-order valence-electron chi connectivity index (χ1n) is 8.58. The molecule has 0 aliphatic rings. The molecule has 0 aliphatic heterocycles. The fraction of sp³-hybridized carbons (Fsp3) is 0.263. The summed E-state index contributed by atoms with van der Waals surface area (Å²) in [7, 11) is 1.68. The van der Waals surface area contributed by atoms with Crippen molar-refractivity contribution in [3.63, 3.8) is 0 Å². The highest BCUT2D eigenvalue weighted by atomic mass is 35.5. The lowest BCUT2D eigenvalue weighted by Crippen LogP contribution is -2.28. The van der Waals surface area contributed by atoms with Crippen molar-refractivity contribution < 1.29 is 18.3 Å². The van der Waals surface area contributed by atoms with Crippen LogP contribution < -0.4 is 5.32 Å². The molecule has 0 aliphatic carbocycles. The molecule has 3 rings (SSSR count). The molecule has 150 valence electrons. The van der Waals surface area contributed by atoms with E-state index >= 15 is 0 Å². The summed E-state index contributed by atoms with van der Waals surface area (Å²) in [6, 6.07) is 8.72. The molecule has 0 saturated carbocycles. The number of hydrogen-bond acceptors (Lipinski definition) is 5. The Balaban J connectivity index is 1.97. The van der Waals surface area contributed by atoms with Crippen LogP contribution in [0.15, 0.2) is 30.5 Å². The van der Waals surface area contributed by atoms with Crippen LogP contribution >= 0.6 is 11.6 Å². The molecule has 10 heteroatoms. The minimum atomic E-state index is -2.57. The van der Waals surface area contributed by atoms with Crippen LogP contribution in [0.2, 0.25) is 5.15 Å². The van der Waals surface area contributed by atoms with E-state index in [-0.39, 0.29) is 18.8 Å².